The van der Waals surface area contributed by atoms with Crippen LogP contribution in [0, 0.1) is 0 Å². The van der Waals surface area contributed by atoms with Crippen LogP contribution < -0.4 is 5.32 Å². The Bertz CT molecular complexity index is 781. The Labute approximate surface area is 119 Å². The molecule has 1 unspecified atom stereocenters. The number of aryl methyl sites for hydroxylation is 1. The lowest BCUT2D eigenvalue weighted by molar-refractivity contribution is -0.139. The molecule has 21 heavy (non-hydrogen) atoms. The van der Waals surface area contributed by atoms with Crippen molar-refractivity contribution in [1.82, 2.24) is 20.1 Å². The van der Waals surface area contributed by atoms with Crippen LogP contribution in [-0.2, 0) is 24.2 Å². The number of nitrogens with one attached hydrogen (secondary N) is 1. The zero-order chi connectivity index (χ0) is 14.6. The van der Waals surface area contributed by atoms with Gasteiger partial charge in [0.05, 0.1) is 12.2 Å². The molecule has 0 saturated heterocycles. The summed E-state index contributed by atoms with van der Waals surface area (Å²) in [5.74, 6) is -1.41. The van der Waals surface area contributed by atoms with E-state index in [2.05, 4.69) is 15.4 Å². The van der Waals surface area contributed by atoms with E-state index in [1.54, 1.807) is 6.20 Å². The predicted octanol–water partition coefficient (Wildman–Crippen LogP) is 0.240. The van der Waals surface area contributed by atoms with Gasteiger partial charge in [-0.2, -0.15) is 5.10 Å². The molecule has 106 valence electrons. The molecule has 2 aliphatic rings. The number of rotatable bonds is 1. The van der Waals surface area contributed by atoms with Gasteiger partial charge >= 0.3 is 5.97 Å². The summed E-state index contributed by atoms with van der Waals surface area (Å²) in [6.45, 7) is 0.157. The van der Waals surface area contributed by atoms with Crippen LogP contribution in [0.15, 0.2) is 18.5 Å². The van der Waals surface area contributed by atoms with E-state index in [0.717, 1.165) is 28.8 Å². The van der Waals surface area contributed by atoms with Crippen LogP contribution in [0.3, 0.4) is 0 Å². The van der Waals surface area contributed by atoms with E-state index < -0.39 is 12.0 Å². The third-order valence-corrected chi connectivity index (χ3v) is 4.03. The van der Waals surface area contributed by atoms with Gasteiger partial charge in [-0.1, -0.05) is 0 Å². The Balaban J connectivity index is 1.88. The number of pyridine rings is 1. The van der Waals surface area contributed by atoms with Gasteiger partial charge in [0.15, 0.2) is 0 Å². The first-order valence-corrected chi connectivity index (χ1v) is 6.72. The number of hydrogen-bond acceptors (Lipinski definition) is 4. The van der Waals surface area contributed by atoms with Gasteiger partial charge in [-0.3, -0.25) is 14.5 Å². The Morgan fingerprint density at radius 2 is 2.29 bits per heavy atom. The number of carbonyl (C=O) groups excluding carboxylic acids is 1. The summed E-state index contributed by atoms with van der Waals surface area (Å²) in [7, 11) is 0. The molecular weight excluding hydrogens is 272 g/mol. The van der Waals surface area contributed by atoms with Crippen molar-refractivity contribution in [3.8, 4) is 11.3 Å². The molecule has 4 rings (SSSR count). The number of fused-ring (bicyclic) bond motifs is 5. The van der Waals surface area contributed by atoms with Gasteiger partial charge in [0.1, 0.15) is 11.7 Å². The zero-order valence-electron chi connectivity index (χ0n) is 11.0. The van der Waals surface area contributed by atoms with Gasteiger partial charge in [-0.05, 0) is 24.5 Å². The smallest absolute Gasteiger partial charge is 0.328 e. The van der Waals surface area contributed by atoms with Crippen molar-refractivity contribution in [1.29, 1.82) is 0 Å². The first-order chi connectivity index (χ1) is 10.1. The van der Waals surface area contributed by atoms with Crippen molar-refractivity contribution in [3.63, 3.8) is 0 Å². The summed E-state index contributed by atoms with van der Waals surface area (Å²) < 4.78 is 1.53. The molecule has 0 spiro atoms. The molecule has 1 aliphatic carbocycles. The SMILES string of the molecule is O=C1NC(C(=O)O)Cn2nc3c(c21)CCc1cnccc1-3. The molecule has 7 heteroatoms. The van der Waals surface area contributed by atoms with Crippen molar-refractivity contribution in [2.75, 3.05) is 0 Å². The number of carboxylic acid groups (broad SMARTS) is 1. The monoisotopic (exact) mass is 284 g/mol. The maximum Gasteiger partial charge on any atom is 0.328 e. The molecular formula is C14H12N4O3. The summed E-state index contributed by atoms with van der Waals surface area (Å²) in [5.41, 5.74) is 4.25. The molecule has 0 aromatic carbocycles. The summed E-state index contributed by atoms with van der Waals surface area (Å²) >= 11 is 0. The summed E-state index contributed by atoms with van der Waals surface area (Å²) in [5, 5.41) is 16.1. The Kier molecular flexibility index (Phi) is 2.38. The van der Waals surface area contributed by atoms with E-state index >= 15 is 0 Å². The summed E-state index contributed by atoms with van der Waals surface area (Å²) in [6, 6.07) is 0.960. The second kappa shape index (κ2) is 4.15. The van der Waals surface area contributed by atoms with Crippen molar-refractivity contribution in [3.05, 3.63) is 35.3 Å². The van der Waals surface area contributed by atoms with Gasteiger partial charge in [-0.25, -0.2) is 4.79 Å². The fourth-order valence-corrected chi connectivity index (χ4v) is 3.04. The van der Waals surface area contributed by atoms with E-state index in [-0.39, 0.29) is 12.5 Å². The van der Waals surface area contributed by atoms with Crippen LogP contribution in [0.25, 0.3) is 11.3 Å². The standard InChI is InChI=1S/C14H12N4O3/c19-13-12-9-2-1-7-5-15-4-3-8(7)11(9)17-18(12)6-10(16-13)14(20)21/h3-5,10H,1-2,6H2,(H,16,19)(H,20,21). The normalized spacial score (nSPS) is 19.2. The van der Waals surface area contributed by atoms with E-state index in [9.17, 15) is 9.59 Å². The van der Waals surface area contributed by atoms with Crippen molar-refractivity contribution >= 4 is 11.9 Å². The molecule has 7 nitrogen and oxygen atoms in total. The first kappa shape index (κ1) is 12.1. The molecule has 2 aromatic heterocycles. The molecule has 0 saturated carbocycles. The molecule has 1 amide bonds. The largest absolute Gasteiger partial charge is 0.480 e. The highest BCUT2D eigenvalue weighted by molar-refractivity contribution is 5.99. The maximum atomic E-state index is 12.2. The second-order valence-electron chi connectivity index (χ2n) is 5.25. The molecule has 0 radical (unpaired) electrons. The number of carbonyl (C=O) groups is 2. The van der Waals surface area contributed by atoms with Gasteiger partial charge in [0.25, 0.3) is 5.91 Å². The molecule has 1 atom stereocenters. The first-order valence-electron chi connectivity index (χ1n) is 6.72. The minimum absolute atomic E-state index is 0.157. The van der Waals surface area contributed by atoms with E-state index in [1.807, 2.05) is 12.3 Å². The predicted molar refractivity (Wildman–Crippen MR) is 71.8 cm³/mol. The minimum Gasteiger partial charge on any atom is -0.480 e. The minimum atomic E-state index is -1.05. The highest BCUT2D eigenvalue weighted by atomic mass is 16.4. The Hall–Kier alpha value is -2.70. The van der Waals surface area contributed by atoms with Crippen molar-refractivity contribution in [2.24, 2.45) is 0 Å². The maximum absolute atomic E-state index is 12.2. The van der Waals surface area contributed by atoms with Crippen LogP contribution in [0.1, 0.15) is 21.6 Å². The molecule has 2 aromatic rings. The lowest BCUT2D eigenvalue weighted by atomic mass is 9.90. The highest BCUT2D eigenvalue weighted by Gasteiger charge is 2.35. The molecule has 1 aliphatic heterocycles. The fraction of sp³-hybridized carbons (Fsp3) is 0.286. The number of aliphatic carboxylic acids is 1. The lowest BCUT2D eigenvalue weighted by Gasteiger charge is -2.22. The van der Waals surface area contributed by atoms with Gasteiger partial charge in [-0.15, -0.1) is 0 Å². The van der Waals surface area contributed by atoms with Crippen LogP contribution in [0.4, 0.5) is 0 Å². The number of nitrogens with zero attached hydrogens (tertiary/aromatic N) is 3. The van der Waals surface area contributed by atoms with E-state index in [0.29, 0.717) is 12.1 Å². The van der Waals surface area contributed by atoms with Gasteiger partial charge in [0.2, 0.25) is 0 Å². The fourth-order valence-electron chi connectivity index (χ4n) is 3.04. The van der Waals surface area contributed by atoms with E-state index in [4.69, 9.17) is 5.11 Å². The van der Waals surface area contributed by atoms with Crippen LogP contribution in [0.2, 0.25) is 0 Å². The summed E-state index contributed by atoms with van der Waals surface area (Å²) in [4.78, 5) is 27.4. The second-order valence-corrected chi connectivity index (χ2v) is 5.25. The number of carboxylic acids is 1. The third kappa shape index (κ3) is 1.67. The molecule has 0 fully saturated rings. The summed E-state index contributed by atoms with van der Waals surface area (Å²) in [6.07, 6.45) is 5.04. The van der Waals surface area contributed by atoms with Gasteiger partial charge < -0.3 is 10.4 Å². The Morgan fingerprint density at radius 1 is 1.43 bits per heavy atom. The van der Waals surface area contributed by atoms with Crippen molar-refractivity contribution < 1.29 is 14.7 Å². The number of aromatic nitrogens is 3. The third-order valence-electron chi connectivity index (χ3n) is 4.03. The van der Waals surface area contributed by atoms with Crippen LogP contribution in [0.5, 0.6) is 0 Å². The molecule has 0 bridgehead atoms. The average Bonchev–Trinajstić information content (AvgIpc) is 2.86. The zero-order valence-corrected chi connectivity index (χ0v) is 11.0. The highest BCUT2D eigenvalue weighted by Crippen LogP contribution is 2.34. The number of hydrogen-bond donors (Lipinski definition) is 2. The Morgan fingerprint density at radius 3 is 3.10 bits per heavy atom. The van der Waals surface area contributed by atoms with Gasteiger partial charge in [0, 0.05) is 23.5 Å². The van der Waals surface area contributed by atoms with Crippen molar-refractivity contribution in [2.45, 2.75) is 25.4 Å². The van der Waals surface area contributed by atoms with Crippen LogP contribution >= 0.6 is 0 Å². The quantitative estimate of drug-likeness (QED) is 0.782. The van der Waals surface area contributed by atoms with E-state index in [1.165, 1.54) is 4.68 Å². The number of amides is 1. The molecule has 3 heterocycles. The average molecular weight is 284 g/mol. The molecule has 2 N–H and O–H groups in total. The van der Waals surface area contributed by atoms with Crippen LogP contribution in [-0.4, -0.2) is 37.8 Å². The lowest BCUT2D eigenvalue weighted by Crippen LogP contribution is -2.49. The topological polar surface area (TPSA) is 97.1 Å².